The Balaban J connectivity index is 1.58. The SMILES string of the molecule is COc1ccc(C(=O)N2CCN(C(=O)C(C)Oc3ccc(Cl)cc3C)CC2)cc1OC. The molecule has 8 heteroatoms. The summed E-state index contributed by atoms with van der Waals surface area (Å²) < 4.78 is 16.4. The predicted molar refractivity (Wildman–Crippen MR) is 118 cm³/mol. The second-order valence-electron chi connectivity index (χ2n) is 7.36. The molecule has 1 atom stereocenters. The van der Waals surface area contributed by atoms with Gasteiger partial charge in [-0.2, -0.15) is 0 Å². The van der Waals surface area contributed by atoms with Crippen LogP contribution in [0.15, 0.2) is 36.4 Å². The van der Waals surface area contributed by atoms with Crippen LogP contribution in [0.1, 0.15) is 22.8 Å². The zero-order valence-electron chi connectivity index (χ0n) is 18.2. The third-order valence-electron chi connectivity index (χ3n) is 5.30. The van der Waals surface area contributed by atoms with Crippen LogP contribution in [-0.2, 0) is 4.79 Å². The van der Waals surface area contributed by atoms with E-state index in [4.69, 9.17) is 25.8 Å². The van der Waals surface area contributed by atoms with Crippen molar-refractivity contribution in [1.29, 1.82) is 0 Å². The van der Waals surface area contributed by atoms with E-state index in [2.05, 4.69) is 0 Å². The van der Waals surface area contributed by atoms with Gasteiger partial charge in [-0.05, 0) is 55.8 Å². The second kappa shape index (κ2) is 9.92. The normalized spacial score (nSPS) is 14.7. The zero-order chi connectivity index (χ0) is 22.5. The lowest BCUT2D eigenvalue weighted by Crippen LogP contribution is -2.53. The van der Waals surface area contributed by atoms with E-state index in [1.165, 1.54) is 7.11 Å². The van der Waals surface area contributed by atoms with E-state index in [9.17, 15) is 9.59 Å². The summed E-state index contributed by atoms with van der Waals surface area (Å²) >= 11 is 5.98. The average molecular weight is 447 g/mol. The number of benzene rings is 2. The lowest BCUT2D eigenvalue weighted by atomic mass is 10.1. The van der Waals surface area contributed by atoms with E-state index in [0.717, 1.165) is 5.56 Å². The number of carbonyl (C=O) groups is 2. The number of nitrogens with zero attached hydrogens (tertiary/aromatic N) is 2. The highest BCUT2D eigenvalue weighted by molar-refractivity contribution is 6.30. The molecular formula is C23H27ClN2O5. The Labute approximate surface area is 187 Å². The van der Waals surface area contributed by atoms with Gasteiger partial charge >= 0.3 is 0 Å². The molecule has 1 saturated heterocycles. The highest BCUT2D eigenvalue weighted by Crippen LogP contribution is 2.28. The highest BCUT2D eigenvalue weighted by Gasteiger charge is 2.28. The summed E-state index contributed by atoms with van der Waals surface area (Å²) in [6.45, 7) is 5.42. The Morgan fingerprint density at radius 3 is 2.13 bits per heavy atom. The van der Waals surface area contributed by atoms with Gasteiger partial charge in [0.15, 0.2) is 17.6 Å². The van der Waals surface area contributed by atoms with E-state index in [1.54, 1.807) is 60.2 Å². The summed E-state index contributed by atoms with van der Waals surface area (Å²) in [5.74, 6) is 1.50. The van der Waals surface area contributed by atoms with Crippen molar-refractivity contribution < 1.29 is 23.8 Å². The Kier molecular flexibility index (Phi) is 7.28. The average Bonchev–Trinajstić information content (AvgIpc) is 2.79. The molecule has 2 aromatic carbocycles. The molecule has 0 aromatic heterocycles. The first-order chi connectivity index (χ1) is 14.8. The molecule has 1 unspecified atom stereocenters. The number of hydrogen-bond acceptors (Lipinski definition) is 5. The lowest BCUT2D eigenvalue weighted by Gasteiger charge is -2.36. The first-order valence-electron chi connectivity index (χ1n) is 10.1. The van der Waals surface area contributed by atoms with Crippen LogP contribution in [0.25, 0.3) is 0 Å². The Bertz CT molecular complexity index is 957. The van der Waals surface area contributed by atoms with E-state index >= 15 is 0 Å². The predicted octanol–water partition coefficient (Wildman–Crippen LogP) is 3.42. The molecule has 0 spiro atoms. The van der Waals surface area contributed by atoms with Crippen LogP contribution in [0.5, 0.6) is 17.2 Å². The third-order valence-corrected chi connectivity index (χ3v) is 5.53. The molecule has 7 nitrogen and oxygen atoms in total. The fourth-order valence-electron chi connectivity index (χ4n) is 3.52. The number of ether oxygens (including phenoxy) is 3. The van der Waals surface area contributed by atoms with Gasteiger partial charge in [0.1, 0.15) is 5.75 Å². The quantitative estimate of drug-likeness (QED) is 0.680. The monoisotopic (exact) mass is 446 g/mol. The topological polar surface area (TPSA) is 68.3 Å². The summed E-state index contributed by atoms with van der Waals surface area (Å²) in [7, 11) is 3.08. The van der Waals surface area contributed by atoms with Crippen LogP contribution in [0.3, 0.4) is 0 Å². The van der Waals surface area contributed by atoms with Gasteiger partial charge in [0.25, 0.3) is 11.8 Å². The standard InChI is InChI=1S/C23H27ClN2O5/c1-15-13-18(24)6-8-19(15)31-16(2)22(27)25-9-11-26(12-10-25)23(28)17-5-7-20(29-3)21(14-17)30-4/h5-8,13-14,16H,9-12H2,1-4H3. The van der Waals surface area contributed by atoms with Crippen LogP contribution in [-0.4, -0.2) is 68.1 Å². The van der Waals surface area contributed by atoms with Gasteiger partial charge in [-0.15, -0.1) is 0 Å². The number of halogens is 1. The van der Waals surface area contributed by atoms with Crippen LogP contribution in [0, 0.1) is 6.92 Å². The summed E-state index contributed by atoms with van der Waals surface area (Å²) in [5, 5.41) is 0.624. The maximum Gasteiger partial charge on any atom is 0.263 e. The summed E-state index contributed by atoms with van der Waals surface area (Å²) in [6, 6.07) is 10.4. The van der Waals surface area contributed by atoms with Crippen LogP contribution in [0.4, 0.5) is 0 Å². The van der Waals surface area contributed by atoms with Crippen molar-refractivity contribution in [3.63, 3.8) is 0 Å². The largest absolute Gasteiger partial charge is 0.493 e. The van der Waals surface area contributed by atoms with Gasteiger partial charge in [0.05, 0.1) is 14.2 Å². The summed E-state index contributed by atoms with van der Waals surface area (Å²) in [5.41, 5.74) is 1.39. The summed E-state index contributed by atoms with van der Waals surface area (Å²) in [6.07, 6.45) is -0.632. The number of rotatable bonds is 6. The number of hydrogen-bond donors (Lipinski definition) is 0. The molecule has 0 radical (unpaired) electrons. The molecule has 0 saturated carbocycles. The molecule has 0 aliphatic carbocycles. The maximum absolute atomic E-state index is 12.9. The lowest BCUT2D eigenvalue weighted by molar-refractivity contribution is -0.139. The first kappa shape index (κ1) is 22.7. The molecule has 3 rings (SSSR count). The van der Waals surface area contributed by atoms with Crippen molar-refractivity contribution in [3.05, 3.63) is 52.5 Å². The van der Waals surface area contributed by atoms with Crippen molar-refractivity contribution in [1.82, 2.24) is 9.80 Å². The molecule has 2 aromatic rings. The Morgan fingerprint density at radius 2 is 1.52 bits per heavy atom. The molecule has 1 fully saturated rings. The van der Waals surface area contributed by atoms with Gasteiger partial charge in [0, 0.05) is 36.8 Å². The fraction of sp³-hybridized carbons (Fsp3) is 0.391. The zero-order valence-corrected chi connectivity index (χ0v) is 18.9. The number of methoxy groups -OCH3 is 2. The minimum absolute atomic E-state index is 0.103. The second-order valence-corrected chi connectivity index (χ2v) is 7.79. The van der Waals surface area contributed by atoms with E-state index in [-0.39, 0.29) is 11.8 Å². The summed E-state index contributed by atoms with van der Waals surface area (Å²) in [4.78, 5) is 29.2. The smallest absolute Gasteiger partial charge is 0.263 e. The molecule has 1 aliphatic rings. The van der Waals surface area contributed by atoms with Gasteiger partial charge in [0.2, 0.25) is 0 Å². The van der Waals surface area contributed by atoms with Crippen molar-refractivity contribution in [2.24, 2.45) is 0 Å². The fourth-order valence-corrected chi connectivity index (χ4v) is 3.75. The molecule has 0 bridgehead atoms. The Hall–Kier alpha value is -2.93. The third kappa shape index (κ3) is 5.22. The van der Waals surface area contributed by atoms with Gasteiger partial charge in [-0.1, -0.05) is 11.6 Å². The van der Waals surface area contributed by atoms with E-state index in [0.29, 0.717) is 54.0 Å². The molecule has 0 N–H and O–H groups in total. The Morgan fingerprint density at radius 1 is 0.903 bits per heavy atom. The number of carbonyl (C=O) groups excluding carboxylic acids is 2. The number of aryl methyl sites for hydroxylation is 1. The van der Waals surface area contributed by atoms with E-state index in [1.807, 2.05) is 6.92 Å². The van der Waals surface area contributed by atoms with Gasteiger partial charge in [-0.3, -0.25) is 9.59 Å². The van der Waals surface area contributed by atoms with Crippen molar-refractivity contribution in [2.45, 2.75) is 20.0 Å². The minimum Gasteiger partial charge on any atom is -0.493 e. The van der Waals surface area contributed by atoms with Crippen molar-refractivity contribution >= 4 is 23.4 Å². The van der Waals surface area contributed by atoms with Crippen LogP contribution in [0.2, 0.25) is 5.02 Å². The number of amides is 2. The molecule has 1 aliphatic heterocycles. The number of piperazine rings is 1. The van der Waals surface area contributed by atoms with Crippen LogP contribution >= 0.6 is 11.6 Å². The molecule has 1 heterocycles. The van der Waals surface area contributed by atoms with Crippen LogP contribution < -0.4 is 14.2 Å². The van der Waals surface area contributed by atoms with Crippen molar-refractivity contribution in [2.75, 3.05) is 40.4 Å². The maximum atomic E-state index is 12.9. The van der Waals surface area contributed by atoms with Crippen molar-refractivity contribution in [3.8, 4) is 17.2 Å². The van der Waals surface area contributed by atoms with Gasteiger partial charge in [-0.25, -0.2) is 0 Å². The van der Waals surface area contributed by atoms with E-state index < -0.39 is 6.10 Å². The first-order valence-corrected chi connectivity index (χ1v) is 10.4. The molecular weight excluding hydrogens is 420 g/mol. The van der Waals surface area contributed by atoms with Gasteiger partial charge < -0.3 is 24.0 Å². The molecule has 2 amide bonds. The molecule has 166 valence electrons. The highest BCUT2D eigenvalue weighted by atomic mass is 35.5. The minimum atomic E-state index is -0.632. The molecule has 31 heavy (non-hydrogen) atoms.